The molecule has 1 aliphatic heterocycles. The predicted molar refractivity (Wildman–Crippen MR) is 88.4 cm³/mol. The van der Waals surface area contributed by atoms with Crippen LogP contribution in [0.25, 0.3) is 6.08 Å². The summed E-state index contributed by atoms with van der Waals surface area (Å²) in [6.45, 7) is 4.15. The minimum atomic E-state index is -0.444. The van der Waals surface area contributed by atoms with Crippen molar-refractivity contribution in [3.63, 3.8) is 0 Å². The number of carbonyl (C=O) groups is 3. The van der Waals surface area contributed by atoms with Crippen LogP contribution in [0.3, 0.4) is 0 Å². The van der Waals surface area contributed by atoms with Gasteiger partial charge in [-0.3, -0.25) is 9.69 Å². The Hall–Kier alpha value is -2.83. The van der Waals surface area contributed by atoms with E-state index in [0.29, 0.717) is 18.8 Å². The summed E-state index contributed by atoms with van der Waals surface area (Å²) >= 11 is 0. The first kappa shape index (κ1) is 17.5. The minimum Gasteiger partial charge on any atom is -0.463 e. The van der Waals surface area contributed by atoms with Crippen LogP contribution in [-0.4, -0.2) is 43.8 Å². The van der Waals surface area contributed by atoms with Gasteiger partial charge in [0.2, 0.25) is 5.91 Å². The number of benzene rings is 1. The molecule has 7 nitrogen and oxygen atoms in total. The van der Waals surface area contributed by atoms with E-state index in [1.807, 2.05) is 0 Å². The van der Waals surface area contributed by atoms with E-state index in [0.717, 1.165) is 5.56 Å². The van der Waals surface area contributed by atoms with Crippen LogP contribution < -0.4 is 10.2 Å². The third-order valence-electron chi connectivity index (χ3n) is 3.36. The summed E-state index contributed by atoms with van der Waals surface area (Å²) in [5.74, 6) is -0.562. The molecule has 7 heteroatoms. The second-order valence-electron chi connectivity index (χ2n) is 5.23. The van der Waals surface area contributed by atoms with Crippen molar-refractivity contribution >= 4 is 29.7 Å². The number of nitrogens with zero attached hydrogens (tertiary/aromatic N) is 1. The van der Waals surface area contributed by atoms with Crippen LogP contribution in [0.4, 0.5) is 10.5 Å². The molecule has 1 N–H and O–H groups in total. The molecule has 1 atom stereocenters. The van der Waals surface area contributed by atoms with Gasteiger partial charge in [-0.1, -0.05) is 12.1 Å². The Morgan fingerprint density at radius 1 is 1.38 bits per heavy atom. The van der Waals surface area contributed by atoms with Gasteiger partial charge in [-0.15, -0.1) is 0 Å². The SMILES string of the molecule is CCOC(=O)/C=C/c1ccc(N2CC(CNC(C)=O)OC2=O)cc1. The van der Waals surface area contributed by atoms with Crippen LogP contribution in [0.2, 0.25) is 0 Å². The molecule has 0 aliphatic carbocycles. The number of amides is 2. The first-order chi connectivity index (χ1) is 11.5. The number of cyclic esters (lactones) is 1. The Labute approximate surface area is 140 Å². The highest BCUT2D eigenvalue weighted by Gasteiger charge is 2.32. The second kappa shape index (κ2) is 8.14. The smallest absolute Gasteiger partial charge is 0.414 e. The average molecular weight is 332 g/mol. The Morgan fingerprint density at radius 3 is 2.71 bits per heavy atom. The summed E-state index contributed by atoms with van der Waals surface area (Å²) in [5.41, 5.74) is 1.51. The second-order valence-corrected chi connectivity index (χ2v) is 5.23. The molecule has 128 valence electrons. The molecule has 1 heterocycles. The number of hydrogen-bond acceptors (Lipinski definition) is 5. The number of ether oxygens (including phenoxy) is 2. The summed E-state index contributed by atoms with van der Waals surface area (Å²) < 4.78 is 10.0. The zero-order chi connectivity index (χ0) is 17.5. The molecular weight excluding hydrogens is 312 g/mol. The van der Waals surface area contributed by atoms with Gasteiger partial charge in [0, 0.05) is 18.7 Å². The lowest BCUT2D eigenvalue weighted by atomic mass is 10.2. The van der Waals surface area contributed by atoms with Gasteiger partial charge < -0.3 is 14.8 Å². The summed E-state index contributed by atoms with van der Waals surface area (Å²) in [7, 11) is 0. The Morgan fingerprint density at radius 2 is 2.08 bits per heavy atom. The highest BCUT2D eigenvalue weighted by molar-refractivity contribution is 5.90. The highest BCUT2D eigenvalue weighted by Crippen LogP contribution is 2.22. The summed E-state index contributed by atoms with van der Waals surface area (Å²) in [4.78, 5) is 35.6. The lowest BCUT2D eigenvalue weighted by molar-refractivity contribution is -0.137. The average Bonchev–Trinajstić information content (AvgIpc) is 2.93. The number of nitrogens with one attached hydrogen (secondary N) is 1. The molecule has 0 saturated carbocycles. The molecule has 2 amide bonds. The largest absolute Gasteiger partial charge is 0.463 e. The highest BCUT2D eigenvalue weighted by atomic mass is 16.6. The van der Waals surface area contributed by atoms with Gasteiger partial charge in [-0.25, -0.2) is 9.59 Å². The van der Waals surface area contributed by atoms with Crippen LogP contribution in [0, 0.1) is 0 Å². The maximum Gasteiger partial charge on any atom is 0.414 e. The molecule has 24 heavy (non-hydrogen) atoms. The number of hydrogen-bond donors (Lipinski definition) is 1. The number of esters is 1. The van der Waals surface area contributed by atoms with Crippen molar-refractivity contribution in [2.75, 3.05) is 24.6 Å². The number of anilines is 1. The molecule has 1 fully saturated rings. The summed E-state index contributed by atoms with van der Waals surface area (Å²) in [6, 6.07) is 7.12. The van der Waals surface area contributed by atoms with Gasteiger partial charge in [-0.05, 0) is 30.7 Å². The van der Waals surface area contributed by atoms with Gasteiger partial charge in [0.1, 0.15) is 6.10 Å². The molecule has 1 aromatic carbocycles. The summed E-state index contributed by atoms with van der Waals surface area (Å²) in [6.07, 6.45) is 2.18. The quantitative estimate of drug-likeness (QED) is 0.633. The lowest BCUT2D eigenvalue weighted by Crippen LogP contribution is -2.33. The molecular formula is C17H20N2O5. The van der Waals surface area contributed by atoms with Crippen LogP contribution in [-0.2, 0) is 19.1 Å². The van der Waals surface area contributed by atoms with Crippen LogP contribution in [0.15, 0.2) is 30.3 Å². The fraction of sp³-hybridized carbons (Fsp3) is 0.353. The van der Waals surface area contributed by atoms with Crippen molar-refractivity contribution in [1.29, 1.82) is 0 Å². The molecule has 0 bridgehead atoms. The van der Waals surface area contributed by atoms with E-state index in [-0.39, 0.29) is 18.6 Å². The van der Waals surface area contributed by atoms with Gasteiger partial charge in [0.15, 0.2) is 0 Å². The van der Waals surface area contributed by atoms with Crippen molar-refractivity contribution in [1.82, 2.24) is 5.32 Å². The van der Waals surface area contributed by atoms with E-state index in [4.69, 9.17) is 9.47 Å². The predicted octanol–water partition coefficient (Wildman–Crippen LogP) is 1.72. The molecule has 1 saturated heterocycles. The summed E-state index contributed by atoms with van der Waals surface area (Å²) in [5, 5.41) is 2.63. The Kier molecular flexibility index (Phi) is 5.95. The molecule has 1 unspecified atom stereocenters. The number of carbonyl (C=O) groups excluding carboxylic acids is 3. The van der Waals surface area contributed by atoms with E-state index in [9.17, 15) is 14.4 Å². The zero-order valence-corrected chi connectivity index (χ0v) is 13.7. The molecule has 0 radical (unpaired) electrons. The van der Waals surface area contributed by atoms with E-state index in [2.05, 4.69) is 5.32 Å². The van der Waals surface area contributed by atoms with Crippen molar-refractivity contribution < 1.29 is 23.9 Å². The van der Waals surface area contributed by atoms with Crippen LogP contribution in [0.1, 0.15) is 19.4 Å². The molecule has 0 spiro atoms. The van der Waals surface area contributed by atoms with Crippen LogP contribution >= 0.6 is 0 Å². The van der Waals surface area contributed by atoms with Gasteiger partial charge in [0.05, 0.1) is 19.7 Å². The van der Waals surface area contributed by atoms with Crippen molar-refractivity contribution in [2.45, 2.75) is 20.0 Å². The normalized spacial score (nSPS) is 17.0. The van der Waals surface area contributed by atoms with Gasteiger partial charge >= 0.3 is 12.1 Å². The Balaban J connectivity index is 1.96. The first-order valence-corrected chi connectivity index (χ1v) is 7.67. The minimum absolute atomic E-state index is 0.165. The molecule has 0 aromatic heterocycles. The van der Waals surface area contributed by atoms with Crippen molar-refractivity contribution in [3.8, 4) is 0 Å². The molecule has 1 aromatic rings. The van der Waals surface area contributed by atoms with Gasteiger partial charge in [-0.2, -0.15) is 0 Å². The van der Waals surface area contributed by atoms with Crippen molar-refractivity contribution in [3.05, 3.63) is 35.9 Å². The van der Waals surface area contributed by atoms with E-state index < -0.39 is 12.1 Å². The van der Waals surface area contributed by atoms with Crippen molar-refractivity contribution in [2.24, 2.45) is 0 Å². The topological polar surface area (TPSA) is 84.9 Å². The zero-order valence-electron chi connectivity index (χ0n) is 13.7. The fourth-order valence-corrected chi connectivity index (χ4v) is 2.22. The van der Waals surface area contributed by atoms with Crippen LogP contribution in [0.5, 0.6) is 0 Å². The van der Waals surface area contributed by atoms with E-state index in [1.54, 1.807) is 37.3 Å². The molecule has 2 rings (SSSR count). The third kappa shape index (κ3) is 4.84. The monoisotopic (exact) mass is 332 g/mol. The van der Waals surface area contributed by atoms with E-state index in [1.165, 1.54) is 17.9 Å². The fourth-order valence-electron chi connectivity index (χ4n) is 2.22. The lowest BCUT2D eigenvalue weighted by Gasteiger charge is -2.13. The van der Waals surface area contributed by atoms with Gasteiger partial charge in [0.25, 0.3) is 0 Å². The van der Waals surface area contributed by atoms with E-state index >= 15 is 0 Å². The maximum atomic E-state index is 11.9. The Bertz CT molecular complexity index is 639. The first-order valence-electron chi connectivity index (χ1n) is 7.67. The maximum absolute atomic E-state index is 11.9. The molecule has 1 aliphatic rings. The standard InChI is InChI=1S/C17H20N2O5/c1-3-23-16(21)9-6-13-4-7-14(8-5-13)19-11-15(24-17(19)22)10-18-12(2)20/h4-9,15H,3,10-11H2,1-2H3,(H,18,20)/b9-6+. The third-order valence-corrected chi connectivity index (χ3v) is 3.36. The number of rotatable bonds is 6.